The fourth-order valence-electron chi connectivity index (χ4n) is 1.63. The largest absolute Gasteiger partial charge is 0.368 e. The smallest absolute Gasteiger partial charge is 0.256 e. The Hall–Kier alpha value is -2.43. The van der Waals surface area contributed by atoms with E-state index in [1.54, 1.807) is 19.1 Å². The first-order chi connectivity index (χ1) is 8.54. The minimum atomic E-state index is -0.212. The van der Waals surface area contributed by atoms with Crippen LogP contribution in [-0.4, -0.2) is 15.9 Å². The Labute approximate surface area is 105 Å². The molecule has 1 aromatic carbocycles. The van der Waals surface area contributed by atoms with Gasteiger partial charge in [-0.15, -0.1) is 0 Å². The summed E-state index contributed by atoms with van der Waals surface area (Å²) in [5, 5.41) is 2.70. The van der Waals surface area contributed by atoms with Crippen molar-refractivity contribution in [1.82, 2.24) is 9.97 Å². The van der Waals surface area contributed by atoms with Gasteiger partial charge in [-0.1, -0.05) is 17.7 Å². The molecule has 1 aromatic heterocycles. The van der Waals surface area contributed by atoms with E-state index in [0.29, 0.717) is 17.1 Å². The molecule has 0 aliphatic heterocycles. The number of nitrogen functional groups attached to an aromatic ring is 1. The van der Waals surface area contributed by atoms with E-state index < -0.39 is 0 Å². The number of nitrogens with one attached hydrogen (secondary N) is 1. The molecule has 0 saturated heterocycles. The number of amides is 1. The highest BCUT2D eigenvalue weighted by molar-refractivity contribution is 6.03. The van der Waals surface area contributed by atoms with Crippen LogP contribution in [0.2, 0.25) is 0 Å². The van der Waals surface area contributed by atoms with E-state index >= 15 is 0 Å². The maximum absolute atomic E-state index is 12.0. The van der Waals surface area contributed by atoms with Crippen molar-refractivity contribution >= 4 is 17.7 Å². The molecule has 0 unspecified atom stereocenters. The van der Waals surface area contributed by atoms with Gasteiger partial charge in [-0.05, 0) is 26.0 Å². The molecule has 0 bridgehead atoms. The maximum Gasteiger partial charge on any atom is 0.256 e. The van der Waals surface area contributed by atoms with Crippen LogP contribution in [0, 0.1) is 13.8 Å². The summed E-state index contributed by atoms with van der Waals surface area (Å²) >= 11 is 0. The van der Waals surface area contributed by atoms with Gasteiger partial charge in [0.1, 0.15) is 5.82 Å². The van der Waals surface area contributed by atoms with Crippen LogP contribution in [0.15, 0.2) is 30.3 Å². The van der Waals surface area contributed by atoms with E-state index in [1.165, 1.54) is 0 Å². The standard InChI is InChI=1S/C13H14N4O/c1-8-4-3-5-10(6-8)12(18)16-11-7-9(2)15-13(14)17-11/h3-7H,1-2H3,(H3,14,15,16,17,18). The molecular formula is C13H14N4O. The number of rotatable bonds is 2. The first-order valence-electron chi connectivity index (χ1n) is 5.54. The Balaban J connectivity index is 2.21. The lowest BCUT2D eigenvalue weighted by atomic mass is 10.1. The third kappa shape index (κ3) is 2.82. The monoisotopic (exact) mass is 242 g/mol. The molecule has 1 amide bonds. The number of hydrogen-bond acceptors (Lipinski definition) is 4. The molecule has 0 aliphatic carbocycles. The summed E-state index contributed by atoms with van der Waals surface area (Å²) in [7, 11) is 0. The molecule has 0 atom stereocenters. The zero-order valence-corrected chi connectivity index (χ0v) is 10.3. The third-order valence-electron chi connectivity index (χ3n) is 2.39. The van der Waals surface area contributed by atoms with E-state index in [-0.39, 0.29) is 11.9 Å². The fraction of sp³-hybridized carbons (Fsp3) is 0.154. The average Bonchev–Trinajstić information content (AvgIpc) is 2.27. The second-order valence-corrected chi connectivity index (χ2v) is 4.08. The Kier molecular flexibility index (Phi) is 3.23. The van der Waals surface area contributed by atoms with Crippen molar-refractivity contribution < 1.29 is 4.79 Å². The van der Waals surface area contributed by atoms with E-state index in [2.05, 4.69) is 15.3 Å². The quantitative estimate of drug-likeness (QED) is 0.843. The van der Waals surface area contributed by atoms with Gasteiger partial charge < -0.3 is 11.1 Å². The van der Waals surface area contributed by atoms with E-state index in [1.807, 2.05) is 25.1 Å². The molecule has 0 spiro atoms. The number of hydrogen-bond donors (Lipinski definition) is 2. The molecule has 0 radical (unpaired) electrons. The van der Waals surface area contributed by atoms with Crippen molar-refractivity contribution in [3.63, 3.8) is 0 Å². The lowest BCUT2D eigenvalue weighted by Crippen LogP contribution is -2.14. The van der Waals surface area contributed by atoms with Gasteiger partial charge in [0.2, 0.25) is 5.95 Å². The van der Waals surface area contributed by atoms with Crippen LogP contribution in [0.3, 0.4) is 0 Å². The topological polar surface area (TPSA) is 80.9 Å². The Morgan fingerprint density at radius 1 is 1.22 bits per heavy atom. The summed E-state index contributed by atoms with van der Waals surface area (Å²) in [6.45, 7) is 3.73. The third-order valence-corrected chi connectivity index (χ3v) is 2.39. The van der Waals surface area contributed by atoms with Crippen molar-refractivity contribution in [2.24, 2.45) is 0 Å². The number of anilines is 2. The highest BCUT2D eigenvalue weighted by atomic mass is 16.1. The van der Waals surface area contributed by atoms with Gasteiger partial charge in [0.05, 0.1) is 0 Å². The molecule has 0 aliphatic rings. The second-order valence-electron chi connectivity index (χ2n) is 4.08. The summed E-state index contributed by atoms with van der Waals surface area (Å²) in [5.41, 5.74) is 7.85. The lowest BCUT2D eigenvalue weighted by Gasteiger charge is -2.06. The van der Waals surface area contributed by atoms with Crippen molar-refractivity contribution in [2.75, 3.05) is 11.1 Å². The second kappa shape index (κ2) is 4.83. The highest BCUT2D eigenvalue weighted by Crippen LogP contribution is 2.10. The summed E-state index contributed by atoms with van der Waals surface area (Å²) in [6.07, 6.45) is 0. The minimum absolute atomic E-state index is 0.148. The minimum Gasteiger partial charge on any atom is -0.368 e. The van der Waals surface area contributed by atoms with Gasteiger partial charge in [0.15, 0.2) is 0 Å². The zero-order chi connectivity index (χ0) is 13.1. The lowest BCUT2D eigenvalue weighted by molar-refractivity contribution is 0.102. The summed E-state index contributed by atoms with van der Waals surface area (Å²) in [5.74, 6) is 0.345. The molecule has 0 saturated carbocycles. The van der Waals surface area contributed by atoms with Gasteiger partial charge in [-0.2, -0.15) is 4.98 Å². The Morgan fingerprint density at radius 2 is 2.00 bits per heavy atom. The van der Waals surface area contributed by atoms with Crippen molar-refractivity contribution in [2.45, 2.75) is 13.8 Å². The van der Waals surface area contributed by atoms with E-state index in [0.717, 1.165) is 5.56 Å². The van der Waals surface area contributed by atoms with Crippen LogP contribution >= 0.6 is 0 Å². The number of nitrogens with two attached hydrogens (primary N) is 1. The van der Waals surface area contributed by atoms with Crippen LogP contribution in [0.4, 0.5) is 11.8 Å². The van der Waals surface area contributed by atoms with Crippen molar-refractivity contribution in [1.29, 1.82) is 0 Å². The molecule has 18 heavy (non-hydrogen) atoms. The zero-order valence-electron chi connectivity index (χ0n) is 10.3. The normalized spacial score (nSPS) is 10.1. The Morgan fingerprint density at radius 3 is 2.67 bits per heavy atom. The van der Waals surface area contributed by atoms with Crippen molar-refractivity contribution in [3.8, 4) is 0 Å². The molecule has 2 aromatic rings. The number of nitrogens with zero attached hydrogens (tertiary/aromatic N) is 2. The van der Waals surface area contributed by atoms with Crippen LogP contribution in [0.25, 0.3) is 0 Å². The fourth-order valence-corrected chi connectivity index (χ4v) is 1.63. The molecule has 1 heterocycles. The molecule has 5 nitrogen and oxygen atoms in total. The number of aromatic nitrogens is 2. The molecule has 92 valence electrons. The first kappa shape index (κ1) is 12.0. The first-order valence-corrected chi connectivity index (χ1v) is 5.54. The summed E-state index contributed by atoms with van der Waals surface area (Å²) < 4.78 is 0. The molecule has 5 heteroatoms. The Bertz CT molecular complexity index is 575. The number of carbonyl (C=O) groups excluding carboxylic acids is 1. The maximum atomic E-state index is 12.0. The van der Waals surface area contributed by atoms with Gasteiger partial charge >= 0.3 is 0 Å². The summed E-state index contributed by atoms with van der Waals surface area (Å²) in [6, 6.07) is 9.00. The molecule has 2 rings (SSSR count). The number of aryl methyl sites for hydroxylation is 2. The SMILES string of the molecule is Cc1cccc(C(=O)Nc2cc(C)nc(N)n2)c1. The molecule has 3 N–H and O–H groups in total. The summed E-state index contributed by atoms with van der Waals surface area (Å²) in [4.78, 5) is 19.9. The van der Waals surface area contributed by atoms with Crippen LogP contribution in [0.5, 0.6) is 0 Å². The average molecular weight is 242 g/mol. The highest BCUT2D eigenvalue weighted by Gasteiger charge is 2.07. The molecule has 0 fully saturated rings. The number of carbonyl (C=O) groups is 1. The predicted molar refractivity (Wildman–Crippen MR) is 70.3 cm³/mol. The van der Waals surface area contributed by atoms with Crippen LogP contribution in [0.1, 0.15) is 21.6 Å². The van der Waals surface area contributed by atoms with Crippen LogP contribution < -0.4 is 11.1 Å². The van der Waals surface area contributed by atoms with Crippen LogP contribution in [-0.2, 0) is 0 Å². The van der Waals surface area contributed by atoms with Gasteiger partial charge in [0.25, 0.3) is 5.91 Å². The predicted octanol–water partition coefficient (Wildman–Crippen LogP) is 1.93. The van der Waals surface area contributed by atoms with Gasteiger partial charge in [-0.25, -0.2) is 4.98 Å². The van der Waals surface area contributed by atoms with E-state index in [4.69, 9.17) is 5.73 Å². The van der Waals surface area contributed by atoms with Crippen molar-refractivity contribution in [3.05, 3.63) is 47.2 Å². The van der Waals surface area contributed by atoms with Gasteiger partial charge in [0, 0.05) is 17.3 Å². The number of benzene rings is 1. The van der Waals surface area contributed by atoms with E-state index in [9.17, 15) is 4.79 Å². The van der Waals surface area contributed by atoms with Gasteiger partial charge in [-0.3, -0.25) is 4.79 Å². The molecular weight excluding hydrogens is 228 g/mol.